The number of carbonyl (C=O) groups is 1. The van der Waals surface area contributed by atoms with Gasteiger partial charge in [-0.1, -0.05) is 19.3 Å². The van der Waals surface area contributed by atoms with E-state index < -0.39 is 10.0 Å². The largest absolute Gasteiger partial charge is 0.496 e. The summed E-state index contributed by atoms with van der Waals surface area (Å²) in [5.41, 5.74) is 0.330. The normalized spacial score (nSPS) is 26.0. The van der Waals surface area contributed by atoms with Gasteiger partial charge in [0.25, 0.3) is 5.91 Å². The van der Waals surface area contributed by atoms with Gasteiger partial charge in [0.15, 0.2) is 0 Å². The lowest BCUT2D eigenvalue weighted by atomic mass is 9.75. The number of likely N-dealkylation sites (tertiary alicyclic amines) is 1. The van der Waals surface area contributed by atoms with Crippen molar-refractivity contribution in [2.75, 3.05) is 46.5 Å². The van der Waals surface area contributed by atoms with Crippen molar-refractivity contribution in [3.63, 3.8) is 0 Å². The summed E-state index contributed by atoms with van der Waals surface area (Å²) in [6.07, 6.45) is 6.01. The number of rotatable bonds is 4. The smallest absolute Gasteiger partial charge is 0.257 e. The van der Waals surface area contributed by atoms with Gasteiger partial charge in [-0.15, -0.1) is 0 Å². The first-order chi connectivity index (χ1) is 14.0. The van der Waals surface area contributed by atoms with Crippen LogP contribution in [0, 0.1) is 11.8 Å². The van der Waals surface area contributed by atoms with Crippen LogP contribution in [0.5, 0.6) is 5.75 Å². The lowest BCUT2D eigenvalue weighted by Gasteiger charge is -2.41. The summed E-state index contributed by atoms with van der Waals surface area (Å²) in [5, 5.41) is 0. The Balaban J connectivity index is 1.59. The molecule has 1 saturated carbocycles. The van der Waals surface area contributed by atoms with Crippen molar-refractivity contribution >= 4 is 15.9 Å². The van der Waals surface area contributed by atoms with Crippen LogP contribution in [0.3, 0.4) is 0 Å². The maximum Gasteiger partial charge on any atom is 0.257 e. The van der Waals surface area contributed by atoms with E-state index in [1.807, 2.05) is 4.90 Å². The molecule has 1 aromatic carbocycles. The zero-order valence-corrected chi connectivity index (χ0v) is 17.8. The van der Waals surface area contributed by atoms with Gasteiger partial charge in [-0.05, 0) is 42.9 Å². The number of hydrogen-bond acceptors (Lipinski definition) is 5. The second kappa shape index (κ2) is 8.62. The zero-order valence-electron chi connectivity index (χ0n) is 17.0. The fourth-order valence-corrected chi connectivity index (χ4v) is 6.34. The maximum absolute atomic E-state index is 13.3. The van der Waals surface area contributed by atoms with Crippen LogP contribution < -0.4 is 4.74 Å². The predicted molar refractivity (Wildman–Crippen MR) is 109 cm³/mol. The molecule has 2 heterocycles. The summed E-state index contributed by atoms with van der Waals surface area (Å²) in [6, 6.07) is 4.60. The molecule has 0 N–H and O–H groups in total. The Hall–Kier alpha value is -1.64. The van der Waals surface area contributed by atoms with Crippen LogP contribution >= 0.6 is 0 Å². The highest BCUT2D eigenvalue weighted by molar-refractivity contribution is 7.89. The van der Waals surface area contributed by atoms with Gasteiger partial charge in [-0.2, -0.15) is 4.31 Å². The Morgan fingerprint density at radius 3 is 2.52 bits per heavy atom. The Kier molecular flexibility index (Phi) is 6.13. The molecule has 0 aromatic heterocycles. The van der Waals surface area contributed by atoms with Crippen molar-refractivity contribution in [3.8, 4) is 5.75 Å². The summed E-state index contributed by atoms with van der Waals surface area (Å²) in [6.45, 7) is 2.91. The van der Waals surface area contributed by atoms with E-state index in [1.54, 1.807) is 6.07 Å². The van der Waals surface area contributed by atoms with Crippen LogP contribution in [0.15, 0.2) is 23.1 Å². The van der Waals surface area contributed by atoms with Gasteiger partial charge in [-0.25, -0.2) is 8.42 Å². The molecule has 0 unspecified atom stereocenters. The number of sulfonamides is 1. The Morgan fingerprint density at radius 2 is 1.79 bits per heavy atom. The van der Waals surface area contributed by atoms with E-state index in [-0.39, 0.29) is 10.8 Å². The second-order valence-electron chi connectivity index (χ2n) is 8.22. The standard InChI is InChI=1S/C21H30N2O5S/c1-27-20-7-6-18(29(25,26)23-10-12-28-13-11-23)14-19(20)21(24)22-9-8-16-4-2-3-5-17(16)15-22/h6-7,14,16-17H,2-5,8-13,15H2,1H3/t16-,17-/m1/s1. The highest BCUT2D eigenvalue weighted by atomic mass is 32.2. The number of ether oxygens (including phenoxy) is 2. The molecule has 0 bridgehead atoms. The van der Waals surface area contributed by atoms with Crippen LogP contribution in [0.1, 0.15) is 42.5 Å². The highest BCUT2D eigenvalue weighted by Crippen LogP contribution is 2.37. The third-order valence-electron chi connectivity index (χ3n) is 6.59. The third-order valence-corrected chi connectivity index (χ3v) is 8.48. The van der Waals surface area contributed by atoms with Crippen LogP contribution in [0.25, 0.3) is 0 Å². The van der Waals surface area contributed by atoms with Gasteiger partial charge in [0.1, 0.15) is 5.75 Å². The highest BCUT2D eigenvalue weighted by Gasteiger charge is 2.35. The molecule has 1 aromatic rings. The Bertz CT molecular complexity index is 851. The molecular formula is C21H30N2O5S. The van der Waals surface area contributed by atoms with Gasteiger partial charge in [-0.3, -0.25) is 4.79 Å². The number of carbonyl (C=O) groups excluding carboxylic acids is 1. The third kappa shape index (κ3) is 4.15. The fraction of sp³-hybridized carbons (Fsp3) is 0.667. The summed E-state index contributed by atoms with van der Waals surface area (Å²) in [5.74, 6) is 1.57. The molecule has 7 nitrogen and oxygen atoms in total. The van der Waals surface area contributed by atoms with E-state index in [1.165, 1.54) is 49.2 Å². The molecule has 2 saturated heterocycles. The maximum atomic E-state index is 13.3. The molecule has 0 spiro atoms. The van der Waals surface area contributed by atoms with E-state index in [4.69, 9.17) is 9.47 Å². The molecule has 0 radical (unpaired) electrons. The first kappa shape index (κ1) is 20.6. The number of methoxy groups -OCH3 is 1. The van der Waals surface area contributed by atoms with E-state index >= 15 is 0 Å². The number of amides is 1. The number of nitrogens with zero attached hydrogens (tertiary/aromatic N) is 2. The lowest BCUT2D eigenvalue weighted by molar-refractivity contribution is 0.0517. The van der Waals surface area contributed by atoms with Crippen molar-refractivity contribution < 1.29 is 22.7 Å². The molecular weight excluding hydrogens is 392 g/mol. The van der Waals surface area contributed by atoms with Crippen molar-refractivity contribution in [2.24, 2.45) is 11.8 Å². The van der Waals surface area contributed by atoms with E-state index in [9.17, 15) is 13.2 Å². The average Bonchev–Trinajstić information content (AvgIpc) is 2.78. The average molecular weight is 423 g/mol. The summed E-state index contributed by atoms with van der Waals surface area (Å²) in [4.78, 5) is 15.3. The van der Waals surface area contributed by atoms with E-state index in [2.05, 4.69) is 0 Å². The Morgan fingerprint density at radius 1 is 1.07 bits per heavy atom. The zero-order chi connectivity index (χ0) is 20.4. The van der Waals surface area contributed by atoms with E-state index in [0.717, 1.165) is 25.4 Å². The number of piperidine rings is 1. The minimum Gasteiger partial charge on any atom is -0.496 e. The minimum absolute atomic E-state index is 0.134. The number of morpholine rings is 1. The molecule has 2 atom stereocenters. The molecule has 160 valence electrons. The number of hydrogen-bond donors (Lipinski definition) is 0. The van der Waals surface area contributed by atoms with Crippen molar-refractivity contribution in [2.45, 2.75) is 37.0 Å². The fourth-order valence-electron chi connectivity index (χ4n) is 4.91. The SMILES string of the molecule is COc1ccc(S(=O)(=O)N2CCOCC2)cc1C(=O)N1CC[C@H]2CCCC[C@@H]2C1. The van der Waals surface area contributed by atoms with Gasteiger partial charge in [0, 0.05) is 26.2 Å². The lowest BCUT2D eigenvalue weighted by Crippen LogP contribution is -2.45. The quantitative estimate of drug-likeness (QED) is 0.745. The van der Waals surface area contributed by atoms with Crippen LogP contribution in [0.4, 0.5) is 0 Å². The number of benzene rings is 1. The van der Waals surface area contributed by atoms with Crippen LogP contribution in [-0.4, -0.2) is 70.0 Å². The van der Waals surface area contributed by atoms with Crippen molar-refractivity contribution in [1.29, 1.82) is 0 Å². The van der Waals surface area contributed by atoms with Gasteiger partial charge < -0.3 is 14.4 Å². The molecule has 2 aliphatic heterocycles. The molecule has 3 fully saturated rings. The monoisotopic (exact) mass is 422 g/mol. The Labute approximate surface area is 173 Å². The summed E-state index contributed by atoms with van der Waals surface area (Å²) < 4.78 is 38.1. The first-order valence-electron chi connectivity index (χ1n) is 10.6. The molecule has 4 rings (SSSR count). The van der Waals surface area contributed by atoms with Gasteiger partial charge in [0.2, 0.25) is 10.0 Å². The molecule has 1 amide bonds. The first-order valence-corrected chi connectivity index (χ1v) is 12.0. The second-order valence-corrected chi connectivity index (χ2v) is 10.2. The topological polar surface area (TPSA) is 76.1 Å². The van der Waals surface area contributed by atoms with Crippen molar-refractivity contribution in [1.82, 2.24) is 9.21 Å². The van der Waals surface area contributed by atoms with Crippen molar-refractivity contribution in [3.05, 3.63) is 23.8 Å². The van der Waals surface area contributed by atoms with Crippen LogP contribution in [0.2, 0.25) is 0 Å². The summed E-state index contributed by atoms with van der Waals surface area (Å²) >= 11 is 0. The molecule has 1 aliphatic carbocycles. The minimum atomic E-state index is -3.67. The summed E-state index contributed by atoms with van der Waals surface area (Å²) in [7, 11) is -2.16. The van der Waals surface area contributed by atoms with E-state index in [0.29, 0.717) is 43.5 Å². The molecule has 29 heavy (non-hydrogen) atoms. The van der Waals surface area contributed by atoms with Gasteiger partial charge >= 0.3 is 0 Å². The molecule has 3 aliphatic rings. The number of fused-ring (bicyclic) bond motifs is 1. The van der Waals surface area contributed by atoms with Gasteiger partial charge in [0.05, 0.1) is 30.8 Å². The predicted octanol–water partition coefficient (Wildman–Crippen LogP) is 2.37. The van der Waals surface area contributed by atoms with Crippen LogP contribution in [-0.2, 0) is 14.8 Å². The molecule has 8 heteroatoms.